The number of esters is 1. The first kappa shape index (κ1) is 22.8. The van der Waals surface area contributed by atoms with Gasteiger partial charge in [-0.3, -0.25) is 19.2 Å². The van der Waals surface area contributed by atoms with E-state index in [2.05, 4.69) is 15.4 Å². The van der Waals surface area contributed by atoms with Crippen LogP contribution >= 0.6 is 0 Å². The molecule has 3 N–H and O–H groups in total. The van der Waals surface area contributed by atoms with E-state index < -0.39 is 42.2 Å². The van der Waals surface area contributed by atoms with E-state index in [0.29, 0.717) is 37.0 Å². The van der Waals surface area contributed by atoms with Crippen LogP contribution in [0.5, 0.6) is 5.75 Å². The molecule has 2 saturated heterocycles. The number of ether oxygens (including phenoxy) is 2. The van der Waals surface area contributed by atoms with Crippen LogP contribution < -0.4 is 15.4 Å². The maximum absolute atomic E-state index is 13.5. The molecule has 0 bridgehead atoms. The number of nitrogens with one attached hydrogen (secondary N) is 2. The van der Waals surface area contributed by atoms with Crippen molar-refractivity contribution in [2.24, 2.45) is 0 Å². The number of nitrogens with zero attached hydrogens (tertiary/aromatic N) is 1. The van der Waals surface area contributed by atoms with E-state index in [0.717, 1.165) is 0 Å². The monoisotopic (exact) mass is 457 g/mol. The van der Waals surface area contributed by atoms with Crippen LogP contribution in [0.2, 0.25) is 0 Å². The van der Waals surface area contributed by atoms with Crippen LogP contribution in [0.1, 0.15) is 42.5 Å². The summed E-state index contributed by atoms with van der Waals surface area (Å²) in [6, 6.07) is 4.09. The molecule has 33 heavy (non-hydrogen) atoms. The van der Waals surface area contributed by atoms with Gasteiger partial charge in [-0.2, -0.15) is 0 Å². The fourth-order valence-corrected chi connectivity index (χ4v) is 4.61. The second kappa shape index (κ2) is 9.62. The summed E-state index contributed by atoms with van der Waals surface area (Å²) < 4.78 is 9.92. The molecule has 5 atom stereocenters. The number of carbonyl (C=O) groups is 4. The van der Waals surface area contributed by atoms with Gasteiger partial charge in [0.2, 0.25) is 18.1 Å². The van der Waals surface area contributed by atoms with Gasteiger partial charge in [0.1, 0.15) is 23.9 Å². The van der Waals surface area contributed by atoms with Gasteiger partial charge in [-0.05, 0) is 37.8 Å². The van der Waals surface area contributed by atoms with Crippen LogP contribution in [0.25, 0.3) is 0 Å². The van der Waals surface area contributed by atoms with Gasteiger partial charge in [0.15, 0.2) is 0 Å². The smallest absolute Gasteiger partial charge is 0.310 e. The molecule has 3 amide bonds. The molecule has 2 fully saturated rings. The number of aliphatic hydroxyl groups is 1. The number of amides is 3. The van der Waals surface area contributed by atoms with Crippen molar-refractivity contribution in [3.05, 3.63) is 42.0 Å². The minimum atomic E-state index is -1.41. The predicted molar refractivity (Wildman–Crippen MR) is 115 cm³/mol. The molecule has 0 radical (unpaired) electrons. The standard InChI is InChI=1S/C23H27N3O7/c1-32-18-9-5-3-7-14(18)20(28)24-15-8-4-2-6-13-10-11-17(26(13)22(15)30)21(29)25-16-12-19(27)33-23(16)31/h2-5,7,9,13,15-17,23,31H,6,8,10-12H2,1H3,(H,24,28)(H,25,29)/b4-2-/t13-,15+,16?,17+,23?/m1/s1. The summed E-state index contributed by atoms with van der Waals surface area (Å²) in [6.07, 6.45) is 4.27. The lowest BCUT2D eigenvalue weighted by molar-refractivity contribution is -0.155. The lowest BCUT2D eigenvalue weighted by atomic mass is 10.0. The summed E-state index contributed by atoms with van der Waals surface area (Å²) in [6.45, 7) is 0. The largest absolute Gasteiger partial charge is 0.496 e. The Balaban J connectivity index is 1.50. The number of fused-ring (bicyclic) bond motifs is 1. The summed E-state index contributed by atoms with van der Waals surface area (Å²) in [5.41, 5.74) is 0.311. The summed E-state index contributed by atoms with van der Waals surface area (Å²) in [5.74, 6) is -1.44. The van der Waals surface area contributed by atoms with Gasteiger partial charge in [0, 0.05) is 6.04 Å². The molecule has 10 heteroatoms. The lowest BCUT2D eigenvalue weighted by Crippen LogP contribution is -2.57. The number of methoxy groups -OCH3 is 1. The first-order valence-corrected chi connectivity index (χ1v) is 11.0. The van der Waals surface area contributed by atoms with Crippen molar-refractivity contribution in [1.82, 2.24) is 15.5 Å². The summed E-state index contributed by atoms with van der Waals surface area (Å²) in [7, 11) is 1.47. The Morgan fingerprint density at radius 1 is 1.12 bits per heavy atom. The second-order valence-electron chi connectivity index (χ2n) is 8.36. The van der Waals surface area contributed by atoms with Gasteiger partial charge in [-0.25, -0.2) is 0 Å². The van der Waals surface area contributed by atoms with Crippen LogP contribution in [0.15, 0.2) is 36.4 Å². The van der Waals surface area contributed by atoms with Crippen molar-refractivity contribution < 1.29 is 33.8 Å². The third kappa shape index (κ3) is 4.70. The molecule has 1 aromatic rings. The van der Waals surface area contributed by atoms with E-state index in [1.54, 1.807) is 24.3 Å². The highest BCUT2D eigenvalue weighted by Gasteiger charge is 2.45. The minimum Gasteiger partial charge on any atom is -0.496 e. The number of rotatable bonds is 5. The summed E-state index contributed by atoms with van der Waals surface area (Å²) in [4.78, 5) is 52.3. The molecule has 2 unspecified atom stereocenters. The maximum Gasteiger partial charge on any atom is 0.310 e. The quantitative estimate of drug-likeness (QED) is 0.426. The number of aliphatic hydroxyl groups excluding tert-OH is 1. The van der Waals surface area contributed by atoms with Crippen molar-refractivity contribution in [3.63, 3.8) is 0 Å². The van der Waals surface area contributed by atoms with Crippen molar-refractivity contribution in [2.75, 3.05) is 7.11 Å². The topological polar surface area (TPSA) is 134 Å². The Kier molecular flexibility index (Phi) is 6.64. The Morgan fingerprint density at radius 2 is 1.88 bits per heavy atom. The van der Waals surface area contributed by atoms with Gasteiger partial charge in [0.05, 0.1) is 19.1 Å². The van der Waals surface area contributed by atoms with E-state index in [4.69, 9.17) is 4.74 Å². The molecule has 0 aromatic heterocycles. The molecule has 3 heterocycles. The minimum absolute atomic E-state index is 0.128. The average molecular weight is 457 g/mol. The number of carbonyl (C=O) groups excluding carboxylic acids is 4. The van der Waals surface area contributed by atoms with Gasteiger partial charge in [-0.1, -0.05) is 24.3 Å². The predicted octanol–water partition coefficient (Wildman–Crippen LogP) is 0.253. The normalized spacial score (nSPS) is 30.0. The molecule has 3 aliphatic heterocycles. The number of hydrogen-bond acceptors (Lipinski definition) is 7. The van der Waals surface area contributed by atoms with Gasteiger partial charge in [-0.15, -0.1) is 0 Å². The van der Waals surface area contributed by atoms with Crippen LogP contribution in [-0.2, 0) is 19.1 Å². The van der Waals surface area contributed by atoms with Gasteiger partial charge in [0.25, 0.3) is 5.91 Å². The van der Waals surface area contributed by atoms with Crippen molar-refractivity contribution in [2.45, 2.75) is 62.6 Å². The number of benzene rings is 1. The van der Waals surface area contributed by atoms with Crippen LogP contribution in [0.4, 0.5) is 0 Å². The third-order valence-corrected chi connectivity index (χ3v) is 6.27. The van der Waals surface area contributed by atoms with Gasteiger partial charge >= 0.3 is 5.97 Å². The molecule has 3 aliphatic rings. The fraction of sp³-hybridized carbons (Fsp3) is 0.478. The molecule has 0 aliphatic carbocycles. The number of para-hydroxylation sites is 1. The number of hydrogen-bond donors (Lipinski definition) is 3. The van der Waals surface area contributed by atoms with Crippen molar-refractivity contribution >= 4 is 23.7 Å². The zero-order chi connectivity index (χ0) is 23.5. The molecule has 1 aromatic carbocycles. The molecule has 0 saturated carbocycles. The average Bonchev–Trinajstić information content (AvgIpc) is 3.36. The van der Waals surface area contributed by atoms with Crippen LogP contribution in [-0.4, -0.2) is 71.3 Å². The molecule has 4 rings (SSSR count). The molecule has 0 spiro atoms. The molecular formula is C23H27N3O7. The second-order valence-corrected chi connectivity index (χ2v) is 8.36. The Bertz CT molecular complexity index is 979. The fourth-order valence-electron chi connectivity index (χ4n) is 4.61. The number of cyclic esters (lactones) is 1. The van der Waals surface area contributed by atoms with E-state index in [-0.39, 0.29) is 18.4 Å². The first-order valence-electron chi connectivity index (χ1n) is 11.0. The lowest BCUT2D eigenvalue weighted by Gasteiger charge is -2.34. The first-order chi connectivity index (χ1) is 15.9. The van der Waals surface area contributed by atoms with Crippen LogP contribution in [0.3, 0.4) is 0 Å². The zero-order valence-electron chi connectivity index (χ0n) is 18.2. The van der Waals surface area contributed by atoms with Crippen molar-refractivity contribution in [3.8, 4) is 5.75 Å². The SMILES string of the molecule is COc1ccccc1C(=O)N[C@H]1C/C=C\C[C@@H]2CC[C@@H](C(=O)NC3CC(=O)OC3O)N2C1=O. The molecule has 10 nitrogen and oxygen atoms in total. The van der Waals surface area contributed by atoms with E-state index in [1.807, 2.05) is 12.2 Å². The van der Waals surface area contributed by atoms with E-state index >= 15 is 0 Å². The molecule has 176 valence electrons. The Morgan fingerprint density at radius 3 is 2.61 bits per heavy atom. The van der Waals surface area contributed by atoms with E-state index in [9.17, 15) is 24.3 Å². The highest BCUT2D eigenvalue weighted by Crippen LogP contribution is 2.30. The van der Waals surface area contributed by atoms with Gasteiger partial charge < -0.3 is 30.1 Å². The van der Waals surface area contributed by atoms with Crippen molar-refractivity contribution in [1.29, 1.82) is 0 Å². The molecular weight excluding hydrogens is 430 g/mol. The maximum atomic E-state index is 13.5. The summed E-state index contributed by atoms with van der Waals surface area (Å²) >= 11 is 0. The Labute approximate surface area is 190 Å². The van der Waals surface area contributed by atoms with E-state index in [1.165, 1.54) is 12.0 Å². The summed E-state index contributed by atoms with van der Waals surface area (Å²) in [5, 5.41) is 15.2. The highest BCUT2D eigenvalue weighted by atomic mass is 16.6. The highest BCUT2D eigenvalue weighted by molar-refractivity contribution is 6.00. The third-order valence-electron chi connectivity index (χ3n) is 6.27. The zero-order valence-corrected chi connectivity index (χ0v) is 18.2. The Hall–Kier alpha value is -3.40. The van der Waals surface area contributed by atoms with Crippen LogP contribution in [0, 0.1) is 0 Å².